The van der Waals surface area contributed by atoms with Gasteiger partial charge in [-0.1, -0.05) is 75.1 Å². The van der Waals surface area contributed by atoms with Gasteiger partial charge in [0.25, 0.3) is 0 Å². The molecule has 0 saturated carbocycles. The van der Waals surface area contributed by atoms with Crippen LogP contribution in [-0.2, 0) is 25.8 Å². The van der Waals surface area contributed by atoms with Gasteiger partial charge in [0.05, 0.1) is 0 Å². The molecule has 3 nitrogen and oxygen atoms in total. The SMILES string of the molecule is C=CCCC(C(=C)NC)N(C)Cc1cc(CCNCCCCCc2ccc(C)c(CC)c2)ccc1C=C. The molecular formula is C34H51N3. The summed E-state index contributed by atoms with van der Waals surface area (Å²) in [5.74, 6) is 0. The highest BCUT2D eigenvalue weighted by Gasteiger charge is 2.18. The van der Waals surface area contributed by atoms with Gasteiger partial charge in [0.1, 0.15) is 0 Å². The first-order chi connectivity index (χ1) is 17.9. The minimum atomic E-state index is 0.269. The largest absolute Gasteiger partial charge is 0.391 e. The zero-order valence-electron chi connectivity index (χ0n) is 24.0. The third kappa shape index (κ3) is 10.3. The number of likely N-dealkylation sites (N-methyl/N-ethyl adjacent to an activating group) is 2. The van der Waals surface area contributed by atoms with E-state index in [0.29, 0.717) is 0 Å². The molecule has 3 heteroatoms. The lowest BCUT2D eigenvalue weighted by Gasteiger charge is -2.30. The standard InChI is InChI=1S/C34H51N3/c1-8-11-16-34(28(5)35-6)37(7)26-33-25-30(19-20-31(33)9-2)21-23-36-22-14-12-13-15-29-18-17-27(4)32(10-3)24-29/h8-9,17-20,24-25,34-36H,1-2,5,10-16,21-23,26H2,3-4,6-7H3. The fraction of sp³-hybridized carbons (Fsp3) is 0.471. The molecule has 0 aliphatic heterocycles. The fourth-order valence-corrected chi connectivity index (χ4v) is 5.01. The number of unbranched alkanes of at least 4 members (excludes halogenated alkanes) is 2. The quantitative estimate of drug-likeness (QED) is 0.157. The average Bonchev–Trinajstić information content (AvgIpc) is 2.91. The highest BCUT2D eigenvalue weighted by molar-refractivity contribution is 5.53. The van der Waals surface area contributed by atoms with E-state index >= 15 is 0 Å². The number of nitrogens with one attached hydrogen (secondary N) is 2. The monoisotopic (exact) mass is 501 g/mol. The normalized spacial score (nSPS) is 11.9. The zero-order chi connectivity index (χ0) is 27.0. The molecule has 0 aliphatic rings. The van der Waals surface area contributed by atoms with Crippen molar-refractivity contribution in [2.75, 3.05) is 27.2 Å². The van der Waals surface area contributed by atoms with Crippen LogP contribution in [0.5, 0.6) is 0 Å². The van der Waals surface area contributed by atoms with Gasteiger partial charge in [-0.25, -0.2) is 0 Å². The van der Waals surface area contributed by atoms with Crippen LogP contribution >= 0.6 is 0 Å². The fourth-order valence-electron chi connectivity index (χ4n) is 5.01. The molecular weight excluding hydrogens is 450 g/mol. The summed E-state index contributed by atoms with van der Waals surface area (Å²) in [6.07, 6.45) is 13.1. The van der Waals surface area contributed by atoms with Gasteiger partial charge < -0.3 is 10.6 Å². The number of rotatable bonds is 19. The van der Waals surface area contributed by atoms with Crippen LogP contribution < -0.4 is 10.6 Å². The summed E-state index contributed by atoms with van der Waals surface area (Å²) < 4.78 is 0. The second-order valence-corrected chi connectivity index (χ2v) is 10.2. The third-order valence-corrected chi connectivity index (χ3v) is 7.45. The van der Waals surface area contributed by atoms with Crippen molar-refractivity contribution in [3.05, 3.63) is 101 Å². The molecule has 0 spiro atoms. The zero-order valence-corrected chi connectivity index (χ0v) is 24.0. The van der Waals surface area contributed by atoms with Gasteiger partial charge in [0.15, 0.2) is 0 Å². The van der Waals surface area contributed by atoms with Crippen LogP contribution in [0, 0.1) is 6.92 Å². The molecule has 2 rings (SSSR count). The Morgan fingerprint density at radius 1 is 0.973 bits per heavy atom. The molecule has 0 fully saturated rings. The summed E-state index contributed by atoms with van der Waals surface area (Å²) in [6, 6.07) is 14.1. The van der Waals surface area contributed by atoms with Gasteiger partial charge in [-0.3, -0.25) is 4.90 Å². The van der Waals surface area contributed by atoms with E-state index in [1.54, 1.807) is 0 Å². The molecule has 2 aromatic carbocycles. The number of benzene rings is 2. The maximum absolute atomic E-state index is 4.24. The lowest BCUT2D eigenvalue weighted by atomic mass is 9.99. The molecule has 2 N–H and O–H groups in total. The highest BCUT2D eigenvalue weighted by atomic mass is 15.1. The summed E-state index contributed by atoms with van der Waals surface area (Å²) in [6.45, 7) is 19.6. The Bertz CT molecular complexity index is 991. The minimum Gasteiger partial charge on any atom is -0.391 e. The molecule has 0 aromatic heterocycles. The van der Waals surface area contributed by atoms with Crippen molar-refractivity contribution in [2.45, 2.75) is 77.8 Å². The van der Waals surface area contributed by atoms with Crippen LogP contribution in [0.4, 0.5) is 0 Å². The van der Waals surface area contributed by atoms with Gasteiger partial charge in [-0.2, -0.15) is 0 Å². The molecule has 1 unspecified atom stereocenters. The average molecular weight is 502 g/mol. The van der Waals surface area contributed by atoms with Crippen LogP contribution in [0.15, 0.2) is 67.9 Å². The molecule has 37 heavy (non-hydrogen) atoms. The van der Waals surface area contributed by atoms with E-state index in [4.69, 9.17) is 0 Å². The van der Waals surface area contributed by atoms with Crippen molar-refractivity contribution in [3.8, 4) is 0 Å². The number of hydrogen-bond acceptors (Lipinski definition) is 3. The maximum atomic E-state index is 4.24. The predicted molar refractivity (Wildman–Crippen MR) is 164 cm³/mol. The second kappa shape index (κ2) is 17.0. The summed E-state index contributed by atoms with van der Waals surface area (Å²) >= 11 is 0. The van der Waals surface area contributed by atoms with Crippen molar-refractivity contribution < 1.29 is 0 Å². The van der Waals surface area contributed by atoms with Gasteiger partial charge in [-0.05, 0) is 105 Å². The Labute approximate surface area is 227 Å². The lowest BCUT2D eigenvalue weighted by molar-refractivity contribution is 0.246. The van der Waals surface area contributed by atoms with E-state index < -0.39 is 0 Å². The molecule has 1 atom stereocenters. The first-order valence-corrected chi connectivity index (χ1v) is 14.1. The van der Waals surface area contributed by atoms with Crippen LogP contribution in [-0.4, -0.2) is 38.1 Å². The molecule has 0 aliphatic carbocycles. The first-order valence-electron chi connectivity index (χ1n) is 14.1. The smallest absolute Gasteiger partial charge is 0.0492 e. The van der Waals surface area contributed by atoms with Gasteiger partial charge in [-0.15, -0.1) is 6.58 Å². The summed E-state index contributed by atoms with van der Waals surface area (Å²) in [5.41, 5.74) is 9.36. The van der Waals surface area contributed by atoms with Crippen molar-refractivity contribution in [3.63, 3.8) is 0 Å². The number of aryl methyl sites for hydroxylation is 3. The second-order valence-electron chi connectivity index (χ2n) is 10.2. The highest BCUT2D eigenvalue weighted by Crippen LogP contribution is 2.20. The Balaban J connectivity index is 1.78. The Kier molecular flexibility index (Phi) is 14.1. The number of allylic oxidation sites excluding steroid dienone is 1. The van der Waals surface area contributed by atoms with Crippen molar-refractivity contribution in [1.29, 1.82) is 0 Å². The molecule has 0 radical (unpaired) electrons. The molecule has 0 saturated heterocycles. The molecule has 202 valence electrons. The molecule has 0 heterocycles. The van der Waals surface area contributed by atoms with Gasteiger partial charge in [0.2, 0.25) is 0 Å². The van der Waals surface area contributed by atoms with E-state index in [2.05, 4.69) is 92.6 Å². The van der Waals surface area contributed by atoms with E-state index in [0.717, 1.165) is 51.0 Å². The van der Waals surface area contributed by atoms with Crippen LogP contribution in [0.1, 0.15) is 72.4 Å². The summed E-state index contributed by atoms with van der Waals surface area (Å²) in [7, 11) is 4.13. The molecule has 0 bridgehead atoms. The number of nitrogens with zero attached hydrogens (tertiary/aromatic N) is 1. The maximum Gasteiger partial charge on any atom is 0.0492 e. The molecule has 2 aromatic rings. The topological polar surface area (TPSA) is 27.3 Å². The van der Waals surface area contributed by atoms with Crippen molar-refractivity contribution >= 4 is 6.08 Å². The van der Waals surface area contributed by atoms with Crippen LogP contribution in [0.3, 0.4) is 0 Å². The van der Waals surface area contributed by atoms with Crippen molar-refractivity contribution in [2.24, 2.45) is 0 Å². The van der Waals surface area contributed by atoms with Crippen molar-refractivity contribution in [1.82, 2.24) is 15.5 Å². The number of hydrogen-bond donors (Lipinski definition) is 2. The van der Waals surface area contributed by atoms with E-state index in [1.807, 2.05) is 19.2 Å². The van der Waals surface area contributed by atoms with E-state index in [-0.39, 0.29) is 6.04 Å². The Morgan fingerprint density at radius 3 is 2.41 bits per heavy atom. The molecule has 0 amide bonds. The third-order valence-electron chi connectivity index (χ3n) is 7.45. The summed E-state index contributed by atoms with van der Waals surface area (Å²) in [4.78, 5) is 2.38. The first kappa shape index (κ1) is 30.6. The summed E-state index contributed by atoms with van der Waals surface area (Å²) in [5, 5.41) is 6.90. The Hall–Kier alpha value is -2.62. The lowest BCUT2D eigenvalue weighted by Crippen LogP contribution is -2.36. The van der Waals surface area contributed by atoms with Gasteiger partial charge >= 0.3 is 0 Å². The van der Waals surface area contributed by atoms with Crippen LogP contribution in [0.2, 0.25) is 0 Å². The van der Waals surface area contributed by atoms with E-state index in [9.17, 15) is 0 Å². The van der Waals surface area contributed by atoms with E-state index in [1.165, 1.54) is 59.1 Å². The van der Waals surface area contributed by atoms with Gasteiger partial charge in [0, 0.05) is 25.3 Å². The Morgan fingerprint density at radius 2 is 1.70 bits per heavy atom. The van der Waals surface area contributed by atoms with Crippen LogP contribution in [0.25, 0.3) is 6.08 Å². The predicted octanol–water partition coefficient (Wildman–Crippen LogP) is 7.25. The minimum absolute atomic E-state index is 0.269.